The molecule has 1 saturated carbocycles. The third kappa shape index (κ3) is 1.70. The van der Waals surface area contributed by atoms with Crippen molar-refractivity contribution in [3.05, 3.63) is 0 Å². The third-order valence-electron chi connectivity index (χ3n) is 2.27. The predicted molar refractivity (Wildman–Crippen MR) is 37.8 cm³/mol. The van der Waals surface area contributed by atoms with Crippen LogP contribution in [-0.2, 0) is 0 Å². The maximum absolute atomic E-state index is 9.24. The molecule has 1 fully saturated rings. The smallest absolute Gasteiger partial charge is 0.106 e. The molecule has 4 atom stereocenters. The first kappa shape index (κ1) is 8.93. The molecular formula is C7H14O4. The van der Waals surface area contributed by atoms with Gasteiger partial charge in [0.25, 0.3) is 0 Å². The summed E-state index contributed by atoms with van der Waals surface area (Å²) in [5.41, 5.74) is 0. The number of aliphatic hydroxyl groups excluding tert-OH is 4. The lowest BCUT2D eigenvalue weighted by molar-refractivity contribution is -0.0274. The van der Waals surface area contributed by atoms with E-state index in [1.807, 2.05) is 0 Å². The number of aliphatic hydroxyl groups is 4. The van der Waals surface area contributed by atoms with Gasteiger partial charge in [0, 0.05) is 6.61 Å². The van der Waals surface area contributed by atoms with Crippen molar-refractivity contribution in [3.8, 4) is 0 Å². The fourth-order valence-electron chi connectivity index (χ4n) is 1.55. The quantitative estimate of drug-likeness (QED) is 0.397. The van der Waals surface area contributed by atoms with Gasteiger partial charge in [-0.1, -0.05) is 0 Å². The molecule has 0 aromatic rings. The van der Waals surface area contributed by atoms with Gasteiger partial charge in [-0.15, -0.1) is 0 Å². The molecule has 0 spiro atoms. The average molecular weight is 162 g/mol. The lowest BCUT2D eigenvalue weighted by Gasteiger charge is -2.14. The Labute approximate surface area is 65.1 Å². The summed E-state index contributed by atoms with van der Waals surface area (Å²) in [5, 5.41) is 35.9. The van der Waals surface area contributed by atoms with E-state index >= 15 is 0 Å². The van der Waals surface area contributed by atoms with E-state index in [4.69, 9.17) is 15.3 Å². The molecule has 4 nitrogen and oxygen atoms in total. The number of hydrogen-bond acceptors (Lipinski definition) is 4. The standard InChI is InChI=1S/C7H14O4/c8-2-1-4-3-5(9)7(11)6(4)10/h4-11H,1-3H2/t4-,5-,6-,7-/m0/s1. The molecule has 0 bridgehead atoms. The highest BCUT2D eigenvalue weighted by Crippen LogP contribution is 2.28. The molecule has 0 heterocycles. The molecule has 0 aromatic heterocycles. The highest BCUT2D eigenvalue weighted by atomic mass is 16.4. The van der Waals surface area contributed by atoms with Crippen LogP contribution in [0.4, 0.5) is 0 Å². The molecule has 0 saturated heterocycles. The first-order chi connectivity index (χ1) is 5.16. The maximum Gasteiger partial charge on any atom is 0.106 e. The van der Waals surface area contributed by atoms with E-state index in [2.05, 4.69) is 0 Å². The monoisotopic (exact) mass is 162 g/mol. The van der Waals surface area contributed by atoms with Gasteiger partial charge in [-0.25, -0.2) is 0 Å². The third-order valence-corrected chi connectivity index (χ3v) is 2.27. The van der Waals surface area contributed by atoms with Gasteiger partial charge in [0.1, 0.15) is 6.10 Å². The van der Waals surface area contributed by atoms with Crippen LogP contribution in [0, 0.1) is 5.92 Å². The summed E-state index contributed by atoms with van der Waals surface area (Å²) < 4.78 is 0. The number of hydrogen-bond donors (Lipinski definition) is 4. The van der Waals surface area contributed by atoms with Crippen LogP contribution in [0.2, 0.25) is 0 Å². The minimum absolute atomic E-state index is 0.0127. The zero-order valence-corrected chi connectivity index (χ0v) is 6.22. The van der Waals surface area contributed by atoms with Crippen molar-refractivity contribution in [1.29, 1.82) is 0 Å². The van der Waals surface area contributed by atoms with Crippen molar-refractivity contribution < 1.29 is 20.4 Å². The van der Waals surface area contributed by atoms with Crippen LogP contribution in [0.25, 0.3) is 0 Å². The van der Waals surface area contributed by atoms with Crippen LogP contribution in [0.3, 0.4) is 0 Å². The van der Waals surface area contributed by atoms with Crippen LogP contribution >= 0.6 is 0 Å². The van der Waals surface area contributed by atoms with Crippen LogP contribution in [0.15, 0.2) is 0 Å². The number of rotatable bonds is 2. The van der Waals surface area contributed by atoms with Crippen LogP contribution in [-0.4, -0.2) is 45.3 Å². The summed E-state index contributed by atoms with van der Waals surface area (Å²) in [6.45, 7) is -0.0127. The second-order valence-electron chi connectivity index (χ2n) is 3.06. The van der Waals surface area contributed by atoms with Crippen molar-refractivity contribution >= 4 is 0 Å². The summed E-state index contributed by atoms with van der Waals surface area (Å²) >= 11 is 0. The van der Waals surface area contributed by atoms with Crippen molar-refractivity contribution in [3.63, 3.8) is 0 Å². The van der Waals surface area contributed by atoms with Gasteiger partial charge >= 0.3 is 0 Å². The molecular weight excluding hydrogens is 148 g/mol. The SMILES string of the molecule is OCC[C@H]1C[C@H](O)[C@H](O)[C@H]1O. The second kappa shape index (κ2) is 3.49. The Hall–Kier alpha value is -0.160. The van der Waals surface area contributed by atoms with Crippen LogP contribution in [0.1, 0.15) is 12.8 Å². The molecule has 0 aromatic carbocycles. The minimum atomic E-state index is -1.04. The normalized spacial score (nSPS) is 44.7. The molecule has 0 unspecified atom stereocenters. The van der Waals surface area contributed by atoms with E-state index in [1.54, 1.807) is 0 Å². The molecule has 0 aliphatic heterocycles. The van der Waals surface area contributed by atoms with Crippen molar-refractivity contribution in [1.82, 2.24) is 0 Å². The van der Waals surface area contributed by atoms with Gasteiger partial charge in [0.15, 0.2) is 0 Å². The zero-order valence-electron chi connectivity index (χ0n) is 6.22. The molecule has 1 aliphatic carbocycles. The van der Waals surface area contributed by atoms with E-state index in [9.17, 15) is 5.11 Å². The zero-order chi connectivity index (χ0) is 8.43. The topological polar surface area (TPSA) is 80.9 Å². The molecule has 1 aliphatic rings. The summed E-state index contributed by atoms with van der Waals surface area (Å²) in [6.07, 6.45) is -1.93. The van der Waals surface area contributed by atoms with Gasteiger partial charge in [0.2, 0.25) is 0 Å². The largest absolute Gasteiger partial charge is 0.396 e. The molecule has 4 heteroatoms. The molecule has 11 heavy (non-hydrogen) atoms. The first-order valence-electron chi connectivity index (χ1n) is 3.82. The average Bonchev–Trinajstić information content (AvgIpc) is 2.19. The van der Waals surface area contributed by atoms with Gasteiger partial charge in [0.05, 0.1) is 12.2 Å². The summed E-state index contributed by atoms with van der Waals surface area (Å²) in [7, 11) is 0. The Morgan fingerprint density at radius 3 is 2.09 bits per heavy atom. The lowest BCUT2D eigenvalue weighted by Crippen LogP contribution is -2.30. The Bertz CT molecular complexity index is 128. The minimum Gasteiger partial charge on any atom is -0.396 e. The van der Waals surface area contributed by atoms with E-state index in [0.717, 1.165) is 0 Å². The molecule has 1 rings (SSSR count). The Kier molecular flexibility index (Phi) is 2.84. The Morgan fingerprint density at radius 1 is 1.09 bits per heavy atom. The van der Waals surface area contributed by atoms with Crippen molar-refractivity contribution in [2.45, 2.75) is 31.2 Å². The Morgan fingerprint density at radius 2 is 1.73 bits per heavy atom. The fourth-order valence-corrected chi connectivity index (χ4v) is 1.55. The molecule has 66 valence electrons. The van der Waals surface area contributed by atoms with Crippen LogP contribution < -0.4 is 0 Å². The maximum atomic E-state index is 9.24. The van der Waals surface area contributed by atoms with Crippen molar-refractivity contribution in [2.75, 3.05) is 6.61 Å². The van der Waals surface area contributed by atoms with Gasteiger partial charge < -0.3 is 20.4 Å². The van der Waals surface area contributed by atoms with E-state index in [-0.39, 0.29) is 12.5 Å². The predicted octanol–water partition coefficient (Wildman–Crippen LogP) is -1.53. The fraction of sp³-hybridized carbons (Fsp3) is 1.00. The molecule has 0 radical (unpaired) electrons. The van der Waals surface area contributed by atoms with E-state index in [0.29, 0.717) is 12.8 Å². The Balaban J connectivity index is 2.45. The van der Waals surface area contributed by atoms with Gasteiger partial charge in [-0.05, 0) is 18.8 Å². The summed E-state index contributed by atoms with van der Waals surface area (Å²) in [4.78, 5) is 0. The lowest BCUT2D eigenvalue weighted by atomic mass is 10.0. The highest BCUT2D eigenvalue weighted by molar-refractivity contribution is 4.90. The van der Waals surface area contributed by atoms with Gasteiger partial charge in [-0.2, -0.15) is 0 Å². The van der Waals surface area contributed by atoms with E-state index < -0.39 is 18.3 Å². The van der Waals surface area contributed by atoms with E-state index in [1.165, 1.54) is 0 Å². The second-order valence-corrected chi connectivity index (χ2v) is 3.06. The summed E-state index contributed by atoms with van der Waals surface area (Å²) in [5.74, 6) is -0.162. The summed E-state index contributed by atoms with van der Waals surface area (Å²) in [6, 6.07) is 0. The molecule has 4 N–H and O–H groups in total. The highest BCUT2D eigenvalue weighted by Gasteiger charge is 2.39. The van der Waals surface area contributed by atoms with Gasteiger partial charge in [-0.3, -0.25) is 0 Å². The van der Waals surface area contributed by atoms with Crippen molar-refractivity contribution in [2.24, 2.45) is 5.92 Å². The molecule has 0 amide bonds. The first-order valence-corrected chi connectivity index (χ1v) is 3.82. The van der Waals surface area contributed by atoms with Crippen LogP contribution in [0.5, 0.6) is 0 Å².